The van der Waals surface area contributed by atoms with Gasteiger partial charge in [-0.05, 0) is 18.2 Å². The van der Waals surface area contributed by atoms with Crippen LogP contribution >= 0.6 is 22.9 Å². The number of nitrogens with zero attached hydrogens (tertiary/aromatic N) is 1. The average Bonchev–Trinajstić information content (AvgIpc) is 2.95. The van der Waals surface area contributed by atoms with E-state index >= 15 is 0 Å². The first-order valence-electron chi connectivity index (χ1n) is 6.52. The van der Waals surface area contributed by atoms with Gasteiger partial charge >= 0.3 is 0 Å². The standard InChI is InChI=1S/C16H9ClF2N2OS/c17-10-5-2-1-4-9(10)13-8-23-16(20-13)21-15(22)14-11(18)6-3-7-12(14)19/h1-8H,(H,20,21,22). The number of halogens is 3. The summed E-state index contributed by atoms with van der Waals surface area (Å²) < 4.78 is 27.2. The number of rotatable bonds is 3. The largest absolute Gasteiger partial charge is 0.298 e. The maximum Gasteiger partial charge on any atom is 0.263 e. The molecule has 1 aromatic heterocycles. The maximum atomic E-state index is 13.6. The second-order valence-electron chi connectivity index (χ2n) is 4.57. The Hall–Kier alpha value is -2.31. The van der Waals surface area contributed by atoms with E-state index in [-0.39, 0.29) is 5.13 Å². The molecule has 23 heavy (non-hydrogen) atoms. The number of hydrogen-bond donors (Lipinski definition) is 1. The van der Waals surface area contributed by atoms with Crippen molar-refractivity contribution in [2.75, 3.05) is 5.32 Å². The number of aromatic nitrogens is 1. The summed E-state index contributed by atoms with van der Waals surface area (Å²) in [5.74, 6) is -2.74. The summed E-state index contributed by atoms with van der Waals surface area (Å²) in [6, 6.07) is 10.4. The number of nitrogens with one attached hydrogen (secondary N) is 1. The number of carbonyl (C=O) groups is 1. The predicted molar refractivity (Wildman–Crippen MR) is 86.9 cm³/mol. The molecular formula is C16H9ClF2N2OS. The van der Waals surface area contributed by atoms with Crippen LogP contribution in [0.3, 0.4) is 0 Å². The molecule has 0 aliphatic rings. The van der Waals surface area contributed by atoms with E-state index in [1.807, 2.05) is 6.07 Å². The first-order valence-corrected chi connectivity index (χ1v) is 7.78. The van der Waals surface area contributed by atoms with Crippen LogP contribution in [0.25, 0.3) is 11.3 Å². The van der Waals surface area contributed by atoms with E-state index < -0.39 is 23.1 Å². The molecule has 0 aliphatic heterocycles. The van der Waals surface area contributed by atoms with Gasteiger partial charge < -0.3 is 0 Å². The first kappa shape index (κ1) is 15.6. The van der Waals surface area contributed by atoms with Crippen molar-refractivity contribution in [1.82, 2.24) is 4.98 Å². The van der Waals surface area contributed by atoms with Crippen molar-refractivity contribution in [3.8, 4) is 11.3 Å². The zero-order valence-corrected chi connectivity index (χ0v) is 13.1. The van der Waals surface area contributed by atoms with Crippen molar-refractivity contribution in [2.45, 2.75) is 0 Å². The minimum atomic E-state index is -0.926. The van der Waals surface area contributed by atoms with Crippen LogP contribution in [0, 0.1) is 11.6 Å². The zero-order chi connectivity index (χ0) is 16.4. The third-order valence-corrected chi connectivity index (χ3v) is 4.15. The Morgan fingerprint density at radius 2 is 1.78 bits per heavy atom. The van der Waals surface area contributed by atoms with E-state index in [4.69, 9.17) is 11.6 Å². The summed E-state index contributed by atoms with van der Waals surface area (Å²) >= 11 is 7.23. The lowest BCUT2D eigenvalue weighted by atomic mass is 10.2. The minimum Gasteiger partial charge on any atom is -0.298 e. The Bertz CT molecular complexity index is 862. The van der Waals surface area contributed by atoms with Gasteiger partial charge in [0.15, 0.2) is 5.13 Å². The number of amides is 1. The molecule has 3 rings (SSSR count). The second kappa shape index (κ2) is 6.44. The third-order valence-electron chi connectivity index (χ3n) is 3.06. The molecular weight excluding hydrogens is 342 g/mol. The first-order chi connectivity index (χ1) is 11.1. The molecule has 0 bridgehead atoms. The predicted octanol–water partition coefficient (Wildman–Crippen LogP) is 4.99. The molecule has 0 saturated heterocycles. The van der Waals surface area contributed by atoms with E-state index in [1.54, 1.807) is 23.6 Å². The highest BCUT2D eigenvalue weighted by molar-refractivity contribution is 7.14. The van der Waals surface area contributed by atoms with Gasteiger partial charge in [0.2, 0.25) is 0 Å². The molecule has 3 aromatic rings. The summed E-state index contributed by atoms with van der Waals surface area (Å²) in [7, 11) is 0. The molecule has 0 saturated carbocycles. The molecule has 0 radical (unpaired) electrons. The van der Waals surface area contributed by atoms with Gasteiger partial charge in [-0.15, -0.1) is 11.3 Å². The van der Waals surface area contributed by atoms with Crippen LogP contribution in [0.1, 0.15) is 10.4 Å². The normalized spacial score (nSPS) is 10.6. The summed E-state index contributed by atoms with van der Waals surface area (Å²) in [5.41, 5.74) is 0.648. The van der Waals surface area contributed by atoms with Crippen LogP contribution in [-0.4, -0.2) is 10.9 Å². The van der Waals surface area contributed by atoms with Gasteiger partial charge in [0.25, 0.3) is 5.91 Å². The molecule has 0 unspecified atom stereocenters. The van der Waals surface area contributed by atoms with Crippen LogP contribution in [0.2, 0.25) is 5.02 Å². The monoisotopic (exact) mass is 350 g/mol. The van der Waals surface area contributed by atoms with Crippen LogP contribution < -0.4 is 5.32 Å². The van der Waals surface area contributed by atoms with E-state index in [2.05, 4.69) is 10.3 Å². The smallest absolute Gasteiger partial charge is 0.263 e. The molecule has 2 aromatic carbocycles. The average molecular weight is 351 g/mol. The lowest BCUT2D eigenvalue weighted by Gasteiger charge is -2.04. The molecule has 1 N–H and O–H groups in total. The van der Waals surface area contributed by atoms with Crippen LogP contribution in [-0.2, 0) is 0 Å². The lowest BCUT2D eigenvalue weighted by Crippen LogP contribution is -2.15. The Kier molecular flexibility index (Phi) is 4.36. The van der Waals surface area contributed by atoms with E-state index in [0.717, 1.165) is 23.5 Å². The van der Waals surface area contributed by atoms with Gasteiger partial charge in [0, 0.05) is 16.0 Å². The van der Waals surface area contributed by atoms with Crippen molar-refractivity contribution in [2.24, 2.45) is 0 Å². The van der Waals surface area contributed by atoms with E-state index in [1.165, 1.54) is 6.07 Å². The highest BCUT2D eigenvalue weighted by atomic mass is 35.5. The fourth-order valence-electron chi connectivity index (χ4n) is 2.00. The molecule has 0 spiro atoms. The topological polar surface area (TPSA) is 42.0 Å². The van der Waals surface area contributed by atoms with Gasteiger partial charge in [-0.25, -0.2) is 13.8 Å². The van der Waals surface area contributed by atoms with Gasteiger partial charge in [-0.3, -0.25) is 10.1 Å². The number of anilines is 1. The molecule has 1 amide bonds. The number of hydrogen-bond acceptors (Lipinski definition) is 3. The molecule has 3 nitrogen and oxygen atoms in total. The van der Waals surface area contributed by atoms with Crippen molar-refractivity contribution >= 4 is 34.0 Å². The SMILES string of the molecule is O=C(Nc1nc(-c2ccccc2Cl)cs1)c1c(F)cccc1F. The number of carbonyl (C=O) groups excluding carboxylic acids is 1. The summed E-state index contributed by atoms with van der Waals surface area (Å²) in [4.78, 5) is 16.2. The highest BCUT2D eigenvalue weighted by Gasteiger charge is 2.18. The van der Waals surface area contributed by atoms with Crippen molar-refractivity contribution < 1.29 is 13.6 Å². The molecule has 0 fully saturated rings. The third kappa shape index (κ3) is 3.23. The molecule has 0 atom stereocenters. The summed E-state index contributed by atoms with van der Waals surface area (Å²) in [6.45, 7) is 0. The maximum absolute atomic E-state index is 13.6. The van der Waals surface area contributed by atoms with Gasteiger partial charge in [-0.1, -0.05) is 35.9 Å². The van der Waals surface area contributed by atoms with Crippen LogP contribution in [0.4, 0.5) is 13.9 Å². The highest BCUT2D eigenvalue weighted by Crippen LogP contribution is 2.30. The zero-order valence-electron chi connectivity index (χ0n) is 11.5. The van der Waals surface area contributed by atoms with Crippen LogP contribution in [0.15, 0.2) is 47.8 Å². The quantitative estimate of drug-likeness (QED) is 0.722. The van der Waals surface area contributed by atoms with Crippen molar-refractivity contribution in [3.05, 3.63) is 70.1 Å². The number of thiazole rings is 1. The van der Waals surface area contributed by atoms with Crippen molar-refractivity contribution in [1.29, 1.82) is 0 Å². The molecule has 7 heteroatoms. The minimum absolute atomic E-state index is 0.229. The molecule has 116 valence electrons. The lowest BCUT2D eigenvalue weighted by molar-refractivity contribution is 0.101. The van der Waals surface area contributed by atoms with Gasteiger partial charge in [-0.2, -0.15) is 0 Å². The summed E-state index contributed by atoms with van der Waals surface area (Å²) in [5, 5.41) is 4.85. The Morgan fingerprint density at radius 1 is 1.09 bits per heavy atom. The van der Waals surface area contributed by atoms with Crippen LogP contribution in [0.5, 0.6) is 0 Å². The van der Waals surface area contributed by atoms with Gasteiger partial charge in [0.1, 0.15) is 17.2 Å². The second-order valence-corrected chi connectivity index (χ2v) is 5.83. The fraction of sp³-hybridized carbons (Fsp3) is 0. The van der Waals surface area contributed by atoms with E-state index in [0.29, 0.717) is 16.3 Å². The molecule has 0 aliphatic carbocycles. The molecule has 1 heterocycles. The Labute approximate surface area is 139 Å². The Morgan fingerprint density at radius 3 is 2.48 bits per heavy atom. The van der Waals surface area contributed by atoms with E-state index in [9.17, 15) is 13.6 Å². The Balaban J connectivity index is 1.85. The van der Waals surface area contributed by atoms with Gasteiger partial charge in [0.05, 0.1) is 5.69 Å². The fourth-order valence-corrected chi connectivity index (χ4v) is 2.94. The number of benzene rings is 2. The summed E-state index contributed by atoms with van der Waals surface area (Å²) in [6.07, 6.45) is 0. The van der Waals surface area contributed by atoms with Crippen molar-refractivity contribution in [3.63, 3.8) is 0 Å².